The maximum absolute atomic E-state index is 4.59. The third-order valence-electron chi connectivity index (χ3n) is 2.67. The predicted octanol–water partition coefficient (Wildman–Crippen LogP) is 5.52. The normalized spacial score (nSPS) is 10.8. The number of fused-ring (bicyclic) bond motifs is 1. The van der Waals surface area contributed by atoms with E-state index >= 15 is 0 Å². The fourth-order valence-corrected chi connectivity index (χ4v) is 3.45. The summed E-state index contributed by atoms with van der Waals surface area (Å²) >= 11 is 6.87. The van der Waals surface area contributed by atoms with E-state index in [1.807, 2.05) is 12.1 Å². The quantitative estimate of drug-likeness (QED) is 0.629. The van der Waals surface area contributed by atoms with Crippen molar-refractivity contribution < 1.29 is 0 Å². The third kappa shape index (κ3) is 2.94. The molecule has 0 unspecified atom stereocenters. The fourth-order valence-electron chi connectivity index (χ4n) is 1.78. The molecule has 0 fully saturated rings. The Morgan fingerprint density at radius 2 is 2.11 bits per heavy atom. The molecule has 0 saturated carbocycles. The van der Waals surface area contributed by atoms with Gasteiger partial charge in [-0.2, -0.15) is 0 Å². The number of thioether (sulfide) groups is 1. The highest BCUT2D eigenvalue weighted by Crippen LogP contribution is 2.30. The zero-order valence-corrected chi connectivity index (χ0v) is 13.4. The van der Waals surface area contributed by atoms with E-state index in [9.17, 15) is 0 Å². The molecule has 96 valence electrons. The lowest BCUT2D eigenvalue weighted by atomic mass is 10.3. The first-order valence-electron chi connectivity index (χ1n) is 5.72. The number of hydrogen-bond acceptors (Lipinski definition) is 4. The van der Waals surface area contributed by atoms with Crippen LogP contribution in [0.5, 0.6) is 0 Å². The number of nitrogens with zero attached hydrogens (tertiary/aromatic N) is 1. The standard InChI is InChI=1S/C14H11BrN2S2/c1-18-11-4-2-3-10(8-11)16-14-17-12-7-9(15)5-6-13(12)19-14/h2-8H,1H3,(H,16,17). The van der Waals surface area contributed by atoms with E-state index in [1.54, 1.807) is 23.1 Å². The Morgan fingerprint density at radius 1 is 1.21 bits per heavy atom. The number of aromatic nitrogens is 1. The van der Waals surface area contributed by atoms with Crippen molar-refractivity contribution in [2.24, 2.45) is 0 Å². The van der Waals surface area contributed by atoms with Crippen molar-refractivity contribution >= 4 is 60.1 Å². The minimum Gasteiger partial charge on any atom is -0.331 e. The van der Waals surface area contributed by atoms with Crippen molar-refractivity contribution in [3.63, 3.8) is 0 Å². The summed E-state index contributed by atoms with van der Waals surface area (Å²) < 4.78 is 2.24. The van der Waals surface area contributed by atoms with E-state index in [-0.39, 0.29) is 0 Å². The third-order valence-corrected chi connectivity index (χ3v) is 4.84. The summed E-state index contributed by atoms with van der Waals surface area (Å²) in [6.45, 7) is 0. The van der Waals surface area contributed by atoms with E-state index in [1.165, 1.54) is 9.60 Å². The molecule has 1 heterocycles. The monoisotopic (exact) mass is 350 g/mol. The maximum atomic E-state index is 4.59. The van der Waals surface area contributed by atoms with Crippen LogP contribution >= 0.6 is 39.0 Å². The molecular formula is C14H11BrN2S2. The fraction of sp³-hybridized carbons (Fsp3) is 0.0714. The minimum atomic E-state index is 0.923. The van der Waals surface area contributed by atoms with Crippen molar-refractivity contribution in [3.05, 3.63) is 46.9 Å². The van der Waals surface area contributed by atoms with Crippen molar-refractivity contribution in [1.29, 1.82) is 0 Å². The molecule has 5 heteroatoms. The Balaban J connectivity index is 1.92. The van der Waals surface area contributed by atoms with Gasteiger partial charge in [-0.05, 0) is 42.7 Å². The van der Waals surface area contributed by atoms with Crippen LogP contribution in [-0.4, -0.2) is 11.2 Å². The number of hydrogen-bond donors (Lipinski definition) is 1. The van der Waals surface area contributed by atoms with Gasteiger partial charge >= 0.3 is 0 Å². The van der Waals surface area contributed by atoms with Gasteiger partial charge in [0, 0.05) is 15.1 Å². The van der Waals surface area contributed by atoms with Gasteiger partial charge < -0.3 is 5.32 Å². The van der Waals surface area contributed by atoms with Crippen LogP contribution in [0.15, 0.2) is 51.8 Å². The molecular weight excluding hydrogens is 340 g/mol. The lowest BCUT2D eigenvalue weighted by Crippen LogP contribution is -1.88. The van der Waals surface area contributed by atoms with Crippen LogP contribution in [0.25, 0.3) is 10.2 Å². The van der Waals surface area contributed by atoms with Gasteiger partial charge in [-0.15, -0.1) is 11.8 Å². The first kappa shape index (κ1) is 13.0. The minimum absolute atomic E-state index is 0.923. The predicted molar refractivity (Wildman–Crippen MR) is 88.8 cm³/mol. The van der Waals surface area contributed by atoms with Crippen LogP contribution in [0.3, 0.4) is 0 Å². The first-order chi connectivity index (χ1) is 9.24. The first-order valence-corrected chi connectivity index (χ1v) is 8.55. The number of nitrogens with one attached hydrogen (secondary N) is 1. The Hall–Kier alpha value is -1.04. The molecule has 19 heavy (non-hydrogen) atoms. The summed E-state index contributed by atoms with van der Waals surface area (Å²) in [5.74, 6) is 0. The summed E-state index contributed by atoms with van der Waals surface area (Å²) in [7, 11) is 0. The molecule has 0 aliphatic heterocycles. The molecule has 0 aliphatic carbocycles. The smallest absolute Gasteiger partial charge is 0.188 e. The molecule has 2 nitrogen and oxygen atoms in total. The number of halogens is 1. The number of thiazole rings is 1. The molecule has 0 aliphatic rings. The SMILES string of the molecule is CSc1cccc(Nc2nc3cc(Br)ccc3s2)c1. The molecule has 0 atom stereocenters. The van der Waals surface area contributed by atoms with Gasteiger partial charge in [-0.1, -0.05) is 33.3 Å². The molecule has 0 bridgehead atoms. The summed E-state index contributed by atoms with van der Waals surface area (Å²) in [6, 6.07) is 14.5. The van der Waals surface area contributed by atoms with Gasteiger partial charge in [0.2, 0.25) is 0 Å². The van der Waals surface area contributed by atoms with E-state index < -0.39 is 0 Å². The second-order valence-corrected chi connectivity index (χ2v) is 6.81. The largest absolute Gasteiger partial charge is 0.331 e. The van der Waals surface area contributed by atoms with E-state index in [2.05, 4.69) is 62.8 Å². The molecule has 0 amide bonds. The number of anilines is 2. The molecule has 0 spiro atoms. The van der Waals surface area contributed by atoms with Crippen molar-refractivity contribution in [1.82, 2.24) is 4.98 Å². The summed E-state index contributed by atoms with van der Waals surface area (Å²) in [5, 5.41) is 4.29. The molecule has 3 aromatic rings. The summed E-state index contributed by atoms with van der Waals surface area (Å²) in [4.78, 5) is 5.84. The molecule has 0 saturated heterocycles. The van der Waals surface area contributed by atoms with E-state index in [4.69, 9.17) is 0 Å². The molecule has 1 N–H and O–H groups in total. The van der Waals surface area contributed by atoms with Crippen LogP contribution in [0, 0.1) is 0 Å². The van der Waals surface area contributed by atoms with Crippen LogP contribution in [0.2, 0.25) is 0 Å². The number of benzene rings is 2. The Bertz CT molecular complexity index is 724. The van der Waals surface area contributed by atoms with Crippen molar-refractivity contribution in [2.45, 2.75) is 4.90 Å². The second-order valence-electron chi connectivity index (χ2n) is 3.99. The van der Waals surface area contributed by atoms with Gasteiger partial charge in [-0.3, -0.25) is 0 Å². The number of rotatable bonds is 3. The topological polar surface area (TPSA) is 24.9 Å². The van der Waals surface area contributed by atoms with Crippen LogP contribution < -0.4 is 5.32 Å². The van der Waals surface area contributed by atoms with Crippen LogP contribution in [0.1, 0.15) is 0 Å². The van der Waals surface area contributed by atoms with Gasteiger partial charge in [0.25, 0.3) is 0 Å². The van der Waals surface area contributed by atoms with E-state index in [0.29, 0.717) is 0 Å². The van der Waals surface area contributed by atoms with Crippen LogP contribution in [0.4, 0.5) is 10.8 Å². The van der Waals surface area contributed by atoms with Crippen molar-refractivity contribution in [3.8, 4) is 0 Å². The Kier molecular flexibility index (Phi) is 3.77. The highest BCUT2D eigenvalue weighted by Gasteiger charge is 2.04. The van der Waals surface area contributed by atoms with Gasteiger partial charge in [0.15, 0.2) is 5.13 Å². The highest BCUT2D eigenvalue weighted by atomic mass is 79.9. The molecule has 2 aromatic carbocycles. The lowest BCUT2D eigenvalue weighted by molar-refractivity contribution is 1.40. The average molecular weight is 351 g/mol. The highest BCUT2D eigenvalue weighted by molar-refractivity contribution is 9.10. The summed E-state index contributed by atoms with van der Waals surface area (Å²) in [5.41, 5.74) is 2.09. The second kappa shape index (κ2) is 5.53. The lowest BCUT2D eigenvalue weighted by Gasteiger charge is -2.03. The van der Waals surface area contributed by atoms with Gasteiger partial charge in [0.1, 0.15) is 0 Å². The maximum Gasteiger partial charge on any atom is 0.188 e. The molecule has 0 radical (unpaired) electrons. The van der Waals surface area contributed by atoms with Gasteiger partial charge in [0.05, 0.1) is 10.2 Å². The Morgan fingerprint density at radius 3 is 2.95 bits per heavy atom. The summed E-state index contributed by atoms with van der Waals surface area (Å²) in [6.07, 6.45) is 2.08. The van der Waals surface area contributed by atoms with Gasteiger partial charge in [-0.25, -0.2) is 4.98 Å². The zero-order valence-electron chi connectivity index (χ0n) is 10.2. The Labute approximate surface area is 128 Å². The van der Waals surface area contributed by atoms with Crippen LogP contribution in [-0.2, 0) is 0 Å². The van der Waals surface area contributed by atoms with Crippen molar-refractivity contribution in [2.75, 3.05) is 11.6 Å². The molecule has 1 aromatic heterocycles. The zero-order chi connectivity index (χ0) is 13.2. The average Bonchev–Trinajstić information content (AvgIpc) is 2.80. The molecule has 3 rings (SSSR count). The van der Waals surface area contributed by atoms with E-state index in [0.717, 1.165) is 20.8 Å².